The molecule has 0 aliphatic heterocycles. The number of ether oxygens (including phenoxy) is 1. The zero-order chi connectivity index (χ0) is 10.1. The minimum atomic E-state index is -0.239. The van der Waals surface area contributed by atoms with Crippen LogP contribution in [0, 0.1) is 0 Å². The monoisotopic (exact) mass is 182 g/mol. The van der Waals surface area contributed by atoms with Crippen molar-refractivity contribution in [3.63, 3.8) is 0 Å². The molecule has 0 heterocycles. The molecule has 0 aromatic carbocycles. The molecule has 0 bridgehead atoms. The Morgan fingerprint density at radius 1 is 1.46 bits per heavy atom. The average molecular weight is 182 g/mol. The predicted octanol–water partition coefficient (Wildman–Crippen LogP) is 1.08. The fourth-order valence-corrected chi connectivity index (χ4v) is 1.43. The molecule has 1 aliphatic rings. The lowest BCUT2D eigenvalue weighted by atomic mass is 10.2. The van der Waals surface area contributed by atoms with Crippen molar-refractivity contribution in [1.29, 1.82) is 0 Å². The molecule has 13 heavy (non-hydrogen) atoms. The summed E-state index contributed by atoms with van der Waals surface area (Å²) in [4.78, 5) is 11.3. The van der Waals surface area contributed by atoms with Gasteiger partial charge in [0.05, 0.1) is 28.3 Å². The molecule has 3 nitrogen and oxygen atoms in total. The summed E-state index contributed by atoms with van der Waals surface area (Å²) in [6, 6.07) is 0. The number of nitrogens with zero attached hydrogens (tertiary/aromatic N) is 1. The van der Waals surface area contributed by atoms with Crippen LogP contribution in [0.15, 0.2) is 23.4 Å². The van der Waals surface area contributed by atoms with E-state index in [0.717, 1.165) is 12.1 Å². The Morgan fingerprint density at radius 3 is 2.54 bits per heavy atom. The third-order valence-corrected chi connectivity index (χ3v) is 2.12. The Morgan fingerprint density at radius 2 is 2.08 bits per heavy atom. The van der Waals surface area contributed by atoms with Crippen LogP contribution in [-0.2, 0) is 9.53 Å². The fraction of sp³-hybridized carbons (Fsp3) is 0.500. The van der Waals surface area contributed by atoms with Gasteiger partial charge >= 0.3 is 5.97 Å². The summed E-state index contributed by atoms with van der Waals surface area (Å²) in [6.45, 7) is 0. The predicted molar refractivity (Wildman–Crippen MR) is 50.8 cm³/mol. The number of quaternary nitrogens is 1. The van der Waals surface area contributed by atoms with E-state index in [1.807, 2.05) is 33.3 Å². The van der Waals surface area contributed by atoms with E-state index in [9.17, 15) is 4.79 Å². The first-order chi connectivity index (χ1) is 5.96. The van der Waals surface area contributed by atoms with Gasteiger partial charge in [-0.1, -0.05) is 6.08 Å². The van der Waals surface area contributed by atoms with Crippen LogP contribution in [0.25, 0.3) is 0 Å². The van der Waals surface area contributed by atoms with Gasteiger partial charge in [0.1, 0.15) is 11.3 Å². The number of hydrogen-bond acceptors (Lipinski definition) is 2. The van der Waals surface area contributed by atoms with E-state index in [4.69, 9.17) is 4.74 Å². The van der Waals surface area contributed by atoms with Gasteiger partial charge in [0, 0.05) is 6.42 Å². The minimum Gasteiger partial charge on any atom is -0.465 e. The molecule has 0 spiro atoms. The van der Waals surface area contributed by atoms with Crippen LogP contribution in [0.5, 0.6) is 0 Å². The van der Waals surface area contributed by atoms with Gasteiger partial charge in [0.2, 0.25) is 0 Å². The second-order valence-electron chi connectivity index (χ2n) is 3.97. The molecular formula is C10H16NO2+. The van der Waals surface area contributed by atoms with E-state index in [0.29, 0.717) is 10.1 Å². The largest absolute Gasteiger partial charge is 0.465 e. The highest BCUT2D eigenvalue weighted by molar-refractivity contribution is 5.92. The highest BCUT2D eigenvalue weighted by Crippen LogP contribution is 2.25. The van der Waals surface area contributed by atoms with Gasteiger partial charge in [0.25, 0.3) is 0 Å². The van der Waals surface area contributed by atoms with Crippen LogP contribution in [0.4, 0.5) is 0 Å². The molecule has 0 aromatic rings. The standard InChI is InChI=1S/C10H16NO2/c1-11(2,3)9-7-5-6-8(9)10(12)13-4/h5-6H,7H2,1-4H3/q+1. The van der Waals surface area contributed by atoms with E-state index in [2.05, 4.69) is 0 Å². The number of esters is 1. The number of carbonyl (C=O) groups is 1. The van der Waals surface area contributed by atoms with Gasteiger partial charge in [0.15, 0.2) is 0 Å². The molecule has 72 valence electrons. The lowest BCUT2D eigenvalue weighted by molar-refractivity contribution is -0.832. The zero-order valence-corrected chi connectivity index (χ0v) is 8.63. The minimum absolute atomic E-state index is 0.239. The molecule has 0 unspecified atom stereocenters. The van der Waals surface area contributed by atoms with Crippen LogP contribution in [0.1, 0.15) is 6.42 Å². The molecule has 0 saturated heterocycles. The second-order valence-corrected chi connectivity index (χ2v) is 3.97. The maximum Gasteiger partial charge on any atom is 0.343 e. The summed E-state index contributed by atoms with van der Waals surface area (Å²) in [5, 5.41) is 0. The summed E-state index contributed by atoms with van der Waals surface area (Å²) in [6.07, 6.45) is 4.67. The number of carbonyl (C=O) groups excluding carboxylic acids is 1. The van der Waals surface area contributed by atoms with Crippen molar-refractivity contribution in [1.82, 2.24) is 0 Å². The van der Waals surface area contributed by atoms with Crippen LogP contribution < -0.4 is 0 Å². The lowest BCUT2D eigenvalue weighted by Crippen LogP contribution is -2.34. The van der Waals surface area contributed by atoms with Crippen molar-refractivity contribution in [2.45, 2.75) is 6.42 Å². The number of methoxy groups -OCH3 is 1. The highest BCUT2D eigenvalue weighted by atomic mass is 16.5. The van der Waals surface area contributed by atoms with Gasteiger partial charge in [-0.25, -0.2) is 4.79 Å². The van der Waals surface area contributed by atoms with Crippen LogP contribution in [0.2, 0.25) is 0 Å². The van der Waals surface area contributed by atoms with E-state index >= 15 is 0 Å². The first kappa shape index (κ1) is 9.99. The van der Waals surface area contributed by atoms with Gasteiger partial charge in [-0.05, 0) is 6.08 Å². The first-order valence-corrected chi connectivity index (χ1v) is 4.27. The zero-order valence-electron chi connectivity index (χ0n) is 8.63. The van der Waals surface area contributed by atoms with Crippen molar-refractivity contribution in [2.75, 3.05) is 28.3 Å². The van der Waals surface area contributed by atoms with Crippen molar-refractivity contribution in [2.24, 2.45) is 0 Å². The molecule has 1 rings (SSSR count). The van der Waals surface area contributed by atoms with Crippen molar-refractivity contribution < 1.29 is 14.0 Å². The van der Waals surface area contributed by atoms with Crippen molar-refractivity contribution in [3.05, 3.63) is 23.4 Å². The highest BCUT2D eigenvalue weighted by Gasteiger charge is 2.27. The Labute approximate surface area is 78.9 Å². The topological polar surface area (TPSA) is 26.3 Å². The summed E-state index contributed by atoms with van der Waals surface area (Å²) in [5.74, 6) is -0.239. The molecule has 0 aromatic heterocycles. The van der Waals surface area contributed by atoms with E-state index in [1.165, 1.54) is 7.11 Å². The summed E-state index contributed by atoms with van der Waals surface area (Å²) < 4.78 is 5.38. The van der Waals surface area contributed by atoms with Gasteiger partial charge in [-0.2, -0.15) is 0 Å². The van der Waals surface area contributed by atoms with Crippen molar-refractivity contribution in [3.8, 4) is 0 Å². The summed E-state index contributed by atoms with van der Waals surface area (Å²) in [5.41, 5.74) is 1.81. The van der Waals surface area contributed by atoms with Crippen molar-refractivity contribution >= 4 is 5.97 Å². The quantitative estimate of drug-likeness (QED) is 0.472. The van der Waals surface area contributed by atoms with Crippen LogP contribution in [-0.4, -0.2) is 38.7 Å². The smallest absolute Gasteiger partial charge is 0.343 e. The third kappa shape index (κ3) is 1.98. The SMILES string of the molecule is COC(=O)C1=C([N+](C)(C)C)CC=C1. The van der Waals surface area contributed by atoms with Gasteiger partial charge < -0.3 is 9.22 Å². The summed E-state index contributed by atoms with van der Waals surface area (Å²) >= 11 is 0. The Bertz CT molecular complexity index is 282. The molecule has 3 heteroatoms. The normalized spacial score (nSPS) is 16.6. The molecule has 0 radical (unpaired) electrons. The van der Waals surface area contributed by atoms with E-state index in [-0.39, 0.29) is 5.97 Å². The molecule has 1 aliphatic carbocycles. The fourth-order valence-electron chi connectivity index (χ4n) is 1.43. The second kappa shape index (κ2) is 3.34. The average Bonchev–Trinajstić information content (AvgIpc) is 2.49. The Kier molecular flexibility index (Phi) is 2.57. The van der Waals surface area contributed by atoms with Crippen LogP contribution in [0.3, 0.4) is 0 Å². The van der Waals surface area contributed by atoms with Gasteiger partial charge in [-0.3, -0.25) is 0 Å². The maximum atomic E-state index is 11.3. The molecule has 0 saturated carbocycles. The molecule has 0 fully saturated rings. The number of hydrogen-bond donors (Lipinski definition) is 0. The Balaban J connectivity index is 3.02. The number of allylic oxidation sites excluding steroid dienone is 1. The third-order valence-electron chi connectivity index (χ3n) is 2.12. The van der Waals surface area contributed by atoms with Gasteiger partial charge in [-0.15, -0.1) is 0 Å². The molecule has 0 amide bonds. The Hall–Kier alpha value is -1.09. The number of rotatable bonds is 2. The lowest BCUT2D eigenvalue weighted by Gasteiger charge is -2.25. The maximum absolute atomic E-state index is 11.3. The molecule has 0 N–H and O–H groups in total. The molecule has 0 atom stereocenters. The van der Waals surface area contributed by atoms with E-state index in [1.54, 1.807) is 0 Å². The van der Waals surface area contributed by atoms with E-state index < -0.39 is 0 Å². The first-order valence-electron chi connectivity index (χ1n) is 4.27. The summed E-state index contributed by atoms with van der Waals surface area (Å²) in [7, 11) is 7.55. The molecular weight excluding hydrogens is 166 g/mol. The van der Waals surface area contributed by atoms with Crippen LogP contribution >= 0.6 is 0 Å².